The lowest BCUT2D eigenvalue weighted by Gasteiger charge is -2.33. The normalized spacial score (nSPS) is 20.3. The average Bonchev–Trinajstić information content (AvgIpc) is 3.02. The SMILES string of the molecule is CC(NC(=O)OCC1c2ccccc2-c2ccccc21)C(=O)NC1CC(C(=O)O)C1. The van der Waals surface area contributed by atoms with Gasteiger partial charge in [-0.05, 0) is 42.0 Å². The second-order valence-electron chi connectivity index (χ2n) is 7.90. The molecule has 0 bridgehead atoms. The minimum atomic E-state index is -0.842. The Morgan fingerprint density at radius 2 is 1.60 bits per heavy atom. The number of hydrogen-bond donors (Lipinski definition) is 3. The van der Waals surface area contributed by atoms with Gasteiger partial charge >= 0.3 is 12.1 Å². The quantitative estimate of drug-likeness (QED) is 0.682. The van der Waals surface area contributed by atoms with Crippen LogP contribution in [0.1, 0.15) is 36.8 Å². The number of fused-ring (bicyclic) bond motifs is 3. The van der Waals surface area contributed by atoms with E-state index in [-0.39, 0.29) is 24.5 Å². The molecule has 3 N–H and O–H groups in total. The van der Waals surface area contributed by atoms with Gasteiger partial charge in [-0.2, -0.15) is 0 Å². The molecule has 2 aliphatic rings. The van der Waals surface area contributed by atoms with E-state index in [2.05, 4.69) is 22.8 Å². The summed E-state index contributed by atoms with van der Waals surface area (Å²) in [7, 11) is 0. The molecular weight excluding hydrogens is 384 g/mol. The Balaban J connectivity index is 1.30. The fourth-order valence-corrected chi connectivity index (χ4v) is 4.15. The first-order valence-electron chi connectivity index (χ1n) is 10.1. The molecule has 2 aliphatic carbocycles. The highest BCUT2D eigenvalue weighted by atomic mass is 16.5. The number of carbonyl (C=O) groups is 3. The molecule has 0 radical (unpaired) electrons. The Kier molecular flexibility index (Phi) is 5.44. The lowest BCUT2D eigenvalue weighted by atomic mass is 9.80. The van der Waals surface area contributed by atoms with E-state index < -0.39 is 24.0 Å². The Bertz CT molecular complexity index is 938. The molecule has 2 aromatic rings. The van der Waals surface area contributed by atoms with Crippen molar-refractivity contribution in [3.05, 3.63) is 59.7 Å². The average molecular weight is 408 g/mol. The summed E-state index contributed by atoms with van der Waals surface area (Å²) in [5.74, 6) is -1.64. The van der Waals surface area contributed by atoms with Gasteiger partial charge in [0.25, 0.3) is 0 Å². The smallest absolute Gasteiger partial charge is 0.407 e. The molecule has 2 amide bonds. The number of aliphatic carboxylic acids is 1. The maximum Gasteiger partial charge on any atom is 0.407 e. The van der Waals surface area contributed by atoms with Gasteiger partial charge in [0, 0.05) is 12.0 Å². The highest BCUT2D eigenvalue weighted by Gasteiger charge is 2.36. The van der Waals surface area contributed by atoms with Crippen molar-refractivity contribution in [3.63, 3.8) is 0 Å². The fourth-order valence-electron chi connectivity index (χ4n) is 4.15. The van der Waals surface area contributed by atoms with Crippen molar-refractivity contribution in [2.24, 2.45) is 5.92 Å². The van der Waals surface area contributed by atoms with E-state index in [1.807, 2.05) is 36.4 Å². The van der Waals surface area contributed by atoms with Gasteiger partial charge in [-0.3, -0.25) is 9.59 Å². The lowest BCUT2D eigenvalue weighted by Crippen LogP contribution is -2.52. The molecule has 7 heteroatoms. The molecule has 1 saturated carbocycles. The topological polar surface area (TPSA) is 105 Å². The van der Waals surface area contributed by atoms with Crippen molar-refractivity contribution < 1.29 is 24.2 Å². The summed E-state index contributed by atoms with van der Waals surface area (Å²) >= 11 is 0. The zero-order valence-electron chi connectivity index (χ0n) is 16.6. The number of amides is 2. The second-order valence-corrected chi connectivity index (χ2v) is 7.90. The summed E-state index contributed by atoms with van der Waals surface area (Å²) in [4.78, 5) is 35.3. The minimum absolute atomic E-state index is 0.0461. The van der Waals surface area contributed by atoms with Crippen molar-refractivity contribution in [2.75, 3.05) is 6.61 Å². The maximum absolute atomic E-state index is 12.3. The van der Waals surface area contributed by atoms with Crippen LogP contribution in [0.2, 0.25) is 0 Å². The Morgan fingerprint density at radius 3 is 2.17 bits per heavy atom. The van der Waals surface area contributed by atoms with E-state index in [0.717, 1.165) is 22.3 Å². The molecule has 4 rings (SSSR count). The van der Waals surface area contributed by atoms with E-state index in [9.17, 15) is 14.4 Å². The van der Waals surface area contributed by atoms with E-state index in [1.54, 1.807) is 6.92 Å². The molecule has 0 saturated heterocycles. The highest BCUT2D eigenvalue weighted by molar-refractivity contribution is 5.86. The van der Waals surface area contributed by atoms with Crippen molar-refractivity contribution in [1.29, 1.82) is 0 Å². The number of carboxylic acids is 1. The molecule has 0 spiro atoms. The van der Waals surface area contributed by atoms with Crippen LogP contribution in [-0.4, -0.2) is 41.8 Å². The fraction of sp³-hybridized carbons (Fsp3) is 0.348. The van der Waals surface area contributed by atoms with E-state index in [4.69, 9.17) is 9.84 Å². The number of ether oxygens (including phenoxy) is 1. The molecule has 0 heterocycles. The molecular formula is C23H24N2O5. The van der Waals surface area contributed by atoms with Crippen molar-refractivity contribution >= 4 is 18.0 Å². The van der Waals surface area contributed by atoms with Gasteiger partial charge in [0.1, 0.15) is 12.6 Å². The number of nitrogens with one attached hydrogen (secondary N) is 2. The van der Waals surface area contributed by atoms with Crippen LogP contribution in [0.3, 0.4) is 0 Å². The van der Waals surface area contributed by atoms with E-state index >= 15 is 0 Å². The van der Waals surface area contributed by atoms with E-state index in [0.29, 0.717) is 12.8 Å². The van der Waals surface area contributed by atoms with Gasteiger partial charge in [-0.1, -0.05) is 48.5 Å². The third-order valence-corrected chi connectivity index (χ3v) is 5.91. The number of carbonyl (C=O) groups excluding carboxylic acids is 2. The first-order chi connectivity index (χ1) is 14.4. The summed E-state index contributed by atoms with van der Waals surface area (Å²) < 4.78 is 5.45. The molecule has 0 aromatic heterocycles. The molecule has 0 aliphatic heterocycles. The molecule has 1 atom stereocenters. The highest BCUT2D eigenvalue weighted by Crippen LogP contribution is 2.44. The van der Waals surface area contributed by atoms with Crippen LogP contribution in [0.25, 0.3) is 11.1 Å². The summed E-state index contributed by atoms with van der Waals surface area (Å²) in [6.45, 7) is 1.75. The van der Waals surface area contributed by atoms with Crippen LogP contribution >= 0.6 is 0 Å². The van der Waals surface area contributed by atoms with Gasteiger partial charge in [-0.15, -0.1) is 0 Å². The molecule has 1 unspecified atom stereocenters. The predicted octanol–water partition coefficient (Wildman–Crippen LogP) is 2.89. The molecule has 156 valence electrons. The number of carboxylic acid groups (broad SMARTS) is 1. The predicted molar refractivity (Wildman–Crippen MR) is 110 cm³/mol. The zero-order chi connectivity index (χ0) is 21.3. The standard InChI is InChI=1S/C23H24N2O5/c1-13(21(26)25-15-10-14(11-15)22(27)28)24-23(29)30-12-20-18-8-4-2-6-16(18)17-7-3-5-9-19(17)20/h2-9,13-15,20H,10-12H2,1H3,(H,24,29)(H,25,26)(H,27,28). The Morgan fingerprint density at radius 1 is 1.03 bits per heavy atom. The summed E-state index contributed by atoms with van der Waals surface area (Å²) in [5, 5.41) is 14.2. The van der Waals surface area contributed by atoms with Gasteiger partial charge in [0.05, 0.1) is 5.92 Å². The van der Waals surface area contributed by atoms with Gasteiger partial charge in [0.15, 0.2) is 0 Å². The minimum Gasteiger partial charge on any atom is -0.481 e. The van der Waals surface area contributed by atoms with Gasteiger partial charge < -0.3 is 20.5 Å². The van der Waals surface area contributed by atoms with Crippen LogP contribution in [-0.2, 0) is 14.3 Å². The molecule has 30 heavy (non-hydrogen) atoms. The first kappa shape index (κ1) is 19.9. The molecule has 1 fully saturated rings. The maximum atomic E-state index is 12.3. The number of hydrogen-bond acceptors (Lipinski definition) is 4. The van der Waals surface area contributed by atoms with Crippen LogP contribution in [0, 0.1) is 5.92 Å². The van der Waals surface area contributed by atoms with Gasteiger partial charge in [0.2, 0.25) is 5.91 Å². The van der Waals surface area contributed by atoms with Crippen molar-refractivity contribution in [3.8, 4) is 11.1 Å². The Labute approximate surface area is 174 Å². The van der Waals surface area contributed by atoms with Crippen LogP contribution in [0.5, 0.6) is 0 Å². The second kappa shape index (κ2) is 8.18. The third kappa shape index (κ3) is 3.87. The zero-order valence-corrected chi connectivity index (χ0v) is 16.6. The van der Waals surface area contributed by atoms with Crippen molar-refractivity contribution in [2.45, 2.75) is 37.8 Å². The lowest BCUT2D eigenvalue weighted by molar-refractivity contribution is -0.146. The monoisotopic (exact) mass is 408 g/mol. The summed E-state index contributed by atoms with van der Waals surface area (Å²) in [6.07, 6.45) is 0.175. The van der Waals surface area contributed by atoms with E-state index in [1.165, 1.54) is 0 Å². The third-order valence-electron chi connectivity index (χ3n) is 5.91. The summed E-state index contributed by atoms with van der Waals surface area (Å²) in [5.41, 5.74) is 4.54. The Hall–Kier alpha value is -3.35. The molecule has 7 nitrogen and oxygen atoms in total. The van der Waals surface area contributed by atoms with Crippen LogP contribution in [0.15, 0.2) is 48.5 Å². The number of rotatable bonds is 6. The van der Waals surface area contributed by atoms with Crippen LogP contribution < -0.4 is 10.6 Å². The number of benzene rings is 2. The van der Waals surface area contributed by atoms with Crippen molar-refractivity contribution in [1.82, 2.24) is 10.6 Å². The number of alkyl carbamates (subject to hydrolysis) is 1. The largest absolute Gasteiger partial charge is 0.481 e. The molecule has 2 aromatic carbocycles. The van der Waals surface area contributed by atoms with Crippen LogP contribution in [0.4, 0.5) is 4.79 Å². The first-order valence-corrected chi connectivity index (χ1v) is 10.1. The summed E-state index contributed by atoms with van der Waals surface area (Å²) in [6, 6.07) is 15.2. The van der Waals surface area contributed by atoms with Gasteiger partial charge in [-0.25, -0.2) is 4.79 Å².